The summed E-state index contributed by atoms with van der Waals surface area (Å²) in [7, 11) is 0. The Bertz CT molecular complexity index is 1270. The molecule has 36 heavy (non-hydrogen) atoms. The van der Waals surface area contributed by atoms with Crippen LogP contribution in [0, 0.1) is 5.92 Å². The van der Waals surface area contributed by atoms with Crippen LogP contribution in [-0.4, -0.2) is 57.2 Å². The Balaban J connectivity index is 1.34. The summed E-state index contributed by atoms with van der Waals surface area (Å²) in [6, 6.07) is 16.1. The van der Waals surface area contributed by atoms with Crippen molar-refractivity contribution in [3.8, 4) is 0 Å². The Morgan fingerprint density at radius 3 is 2.25 bits per heavy atom. The number of piperidine rings is 3. The van der Waals surface area contributed by atoms with Crippen LogP contribution in [0.25, 0.3) is 0 Å². The molecule has 3 saturated heterocycles. The number of esters is 1. The van der Waals surface area contributed by atoms with E-state index >= 15 is 0 Å². The topological polar surface area (TPSA) is 115 Å². The number of primary amides is 1. The third-order valence-corrected chi connectivity index (χ3v) is 8.41. The Morgan fingerprint density at radius 2 is 1.67 bits per heavy atom. The summed E-state index contributed by atoms with van der Waals surface area (Å²) >= 11 is 0. The number of nitrogens with two attached hydrogens (primary N) is 1. The number of nitrogens with zero attached hydrogens (tertiary/aromatic N) is 3. The lowest BCUT2D eigenvalue weighted by Crippen LogP contribution is -2.67. The number of hydrogen-bond donors (Lipinski definition) is 2. The molecule has 3 fully saturated rings. The highest BCUT2D eigenvalue weighted by Gasteiger charge is 2.56. The van der Waals surface area contributed by atoms with E-state index in [0.29, 0.717) is 34.3 Å². The van der Waals surface area contributed by atoms with Crippen LogP contribution in [0.2, 0.25) is 0 Å². The van der Waals surface area contributed by atoms with Gasteiger partial charge in [0.1, 0.15) is 18.6 Å². The van der Waals surface area contributed by atoms with E-state index in [1.165, 1.54) is 6.33 Å². The van der Waals surface area contributed by atoms with Crippen LogP contribution in [-0.2, 0) is 26.3 Å². The number of aliphatic hydroxyl groups is 1. The number of hydrogen-bond acceptors (Lipinski definition) is 6. The maximum Gasteiger partial charge on any atom is 0.348 e. The van der Waals surface area contributed by atoms with Crippen molar-refractivity contribution in [1.82, 2.24) is 9.97 Å². The van der Waals surface area contributed by atoms with Crippen molar-refractivity contribution in [3.05, 3.63) is 95.1 Å². The number of ether oxygens (including phenoxy) is 1. The molecule has 0 saturated carbocycles. The minimum atomic E-state index is -1.89. The van der Waals surface area contributed by atoms with E-state index in [9.17, 15) is 14.7 Å². The highest BCUT2D eigenvalue weighted by atomic mass is 16.6. The van der Waals surface area contributed by atoms with Crippen LogP contribution >= 0.6 is 0 Å². The van der Waals surface area contributed by atoms with Gasteiger partial charge in [-0.15, -0.1) is 0 Å². The molecule has 4 aliphatic rings. The van der Waals surface area contributed by atoms with E-state index in [-0.39, 0.29) is 5.92 Å². The number of carbonyl (C=O) groups excluding carboxylic acids is 2. The summed E-state index contributed by atoms with van der Waals surface area (Å²) in [4.78, 5) is 34.9. The van der Waals surface area contributed by atoms with Crippen LogP contribution in [0.4, 0.5) is 0 Å². The minimum absolute atomic E-state index is 0.172. The highest BCUT2D eigenvalue weighted by Crippen LogP contribution is 2.45. The average molecular weight is 486 g/mol. The second-order valence-electron chi connectivity index (χ2n) is 10.3. The molecule has 2 bridgehead atoms. The largest absolute Gasteiger partial charge is 0.453 e. The molecule has 1 amide bonds. The number of quaternary nitrogens is 1. The number of amides is 1. The molecule has 3 aromatic rings. The summed E-state index contributed by atoms with van der Waals surface area (Å²) < 4.78 is 6.58. The molecule has 1 unspecified atom stereocenters. The number of carbonyl (C=O) groups is 2. The molecule has 7 rings (SSSR count). The van der Waals surface area contributed by atoms with Gasteiger partial charge in [0.15, 0.2) is 6.10 Å². The highest BCUT2D eigenvalue weighted by molar-refractivity contribution is 5.87. The molecule has 3 aliphatic heterocycles. The van der Waals surface area contributed by atoms with Gasteiger partial charge in [-0.25, -0.2) is 14.8 Å². The minimum Gasteiger partial charge on any atom is -0.453 e. The van der Waals surface area contributed by atoms with Crippen LogP contribution in [0.1, 0.15) is 46.8 Å². The molecule has 0 radical (unpaired) electrons. The van der Waals surface area contributed by atoms with Crippen LogP contribution in [0.3, 0.4) is 0 Å². The lowest BCUT2D eigenvalue weighted by Gasteiger charge is -2.54. The van der Waals surface area contributed by atoms with Gasteiger partial charge in [-0.3, -0.25) is 4.79 Å². The van der Waals surface area contributed by atoms with E-state index in [4.69, 9.17) is 10.5 Å². The van der Waals surface area contributed by atoms with Gasteiger partial charge in [-0.1, -0.05) is 48.5 Å². The molecular formula is C28H29N4O4+. The summed E-state index contributed by atoms with van der Waals surface area (Å²) in [5, 5.41) is 12.0. The van der Waals surface area contributed by atoms with Crippen molar-refractivity contribution >= 4 is 11.9 Å². The number of benzene rings is 2. The van der Waals surface area contributed by atoms with E-state index in [1.807, 2.05) is 36.4 Å². The van der Waals surface area contributed by atoms with Crippen molar-refractivity contribution in [2.24, 2.45) is 11.7 Å². The predicted molar refractivity (Wildman–Crippen MR) is 130 cm³/mol. The first-order valence-electron chi connectivity index (χ1n) is 12.4. The molecule has 4 heterocycles. The normalized spacial score (nSPS) is 26.4. The second kappa shape index (κ2) is 8.50. The average Bonchev–Trinajstić information content (AvgIpc) is 2.90. The Morgan fingerprint density at radius 1 is 1.03 bits per heavy atom. The molecule has 8 nitrogen and oxygen atoms in total. The van der Waals surface area contributed by atoms with E-state index in [1.54, 1.807) is 24.4 Å². The Labute approximate surface area is 209 Å². The molecule has 2 aromatic carbocycles. The Kier molecular flexibility index (Phi) is 5.39. The van der Waals surface area contributed by atoms with Crippen LogP contribution < -0.4 is 5.73 Å². The molecule has 0 spiro atoms. The lowest BCUT2D eigenvalue weighted by molar-refractivity contribution is -0.965. The van der Waals surface area contributed by atoms with Crippen molar-refractivity contribution < 1.29 is 23.9 Å². The van der Waals surface area contributed by atoms with Crippen molar-refractivity contribution in [1.29, 1.82) is 0 Å². The maximum absolute atomic E-state index is 13.9. The number of aromatic nitrogens is 2. The van der Waals surface area contributed by atoms with E-state index in [0.717, 1.165) is 37.1 Å². The van der Waals surface area contributed by atoms with E-state index < -0.39 is 29.6 Å². The van der Waals surface area contributed by atoms with Crippen molar-refractivity contribution in [3.63, 3.8) is 0 Å². The molecule has 184 valence electrons. The smallest absolute Gasteiger partial charge is 0.348 e. The first kappa shape index (κ1) is 22.8. The molecule has 1 aliphatic carbocycles. The first-order chi connectivity index (χ1) is 17.4. The van der Waals surface area contributed by atoms with Gasteiger partial charge < -0.3 is 20.1 Å². The SMILES string of the molecule is NC(=O)C(c1ccncn1)[N+]12CCC(CC1)[C@@H](OC(=O)C1(O)c3ccccc3Cc3ccccc31)C2. The van der Waals surface area contributed by atoms with Crippen molar-refractivity contribution in [2.45, 2.75) is 37.0 Å². The quantitative estimate of drug-likeness (QED) is 0.422. The zero-order valence-electron chi connectivity index (χ0n) is 19.9. The Hall–Kier alpha value is -3.62. The van der Waals surface area contributed by atoms with Gasteiger partial charge in [0.2, 0.25) is 11.6 Å². The second-order valence-corrected chi connectivity index (χ2v) is 10.3. The van der Waals surface area contributed by atoms with E-state index in [2.05, 4.69) is 9.97 Å². The number of fused-ring (bicyclic) bond motifs is 5. The molecule has 1 aromatic heterocycles. The van der Waals surface area contributed by atoms with Gasteiger partial charge in [0.25, 0.3) is 5.91 Å². The molecule has 8 heteroatoms. The van der Waals surface area contributed by atoms with Crippen LogP contribution in [0.15, 0.2) is 67.1 Å². The summed E-state index contributed by atoms with van der Waals surface area (Å²) in [5.41, 5.74) is 7.54. The van der Waals surface area contributed by atoms with Crippen molar-refractivity contribution in [2.75, 3.05) is 19.6 Å². The standard InChI is InChI=1S/C28H28N4O4/c29-26(33)25(23-9-12-30-17-31-23)32-13-10-18(11-14-32)24(16-32)36-27(34)28(35)21-7-3-1-5-19(21)15-20-6-2-4-8-22(20)28/h1-9,12,17-18,24-25,35H,10-11,13-16H2,(H-,29,33)/p+1/t18?,24-,25?,32?/m0/s1. The zero-order chi connectivity index (χ0) is 24.9. The van der Waals surface area contributed by atoms with Gasteiger partial charge in [-0.05, 0) is 23.6 Å². The first-order valence-corrected chi connectivity index (χ1v) is 12.4. The number of rotatable bonds is 5. The third kappa shape index (κ3) is 3.43. The lowest BCUT2D eigenvalue weighted by atomic mass is 9.74. The summed E-state index contributed by atoms with van der Waals surface area (Å²) in [6.45, 7) is 1.96. The molecule has 3 N–H and O–H groups in total. The fourth-order valence-corrected chi connectivity index (χ4v) is 6.67. The predicted octanol–water partition coefficient (Wildman–Crippen LogP) is 2.00. The van der Waals surface area contributed by atoms with Gasteiger partial charge in [0, 0.05) is 36.1 Å². The van der Waals surface area contributed by atoms with Crippen LogP contribution in [0.5, 0.6) is 0 Å². The van der Waals surface area contributed by atoms with Gasteiger partial charge in [-0.2, -0.15) is 0 Å². The fraction of sp³-hybridized carbons (Fsp3) is 0.357. The molecular weight excluding hydrogens is 456 g/mol. The third-order valence-electron chi connectivity index (χ3n) is 8.41. The maximum atomic E-state index is 13.9. The monoisotopic (exact) mass is 485 g/mol. The molecule has 2 atom stereocenters. The van der Waals surface area contributed by atoms with Gasteiger partial charge >= 0.3 is 5.97 Å². The zero-order valence-corrected chi connectivity index (χ0v) is 19.9. The summed E-state index contributed by atoms with van der Waals surface area (Å²) in [5.74, 6) is -0.949. The fourth-order valence-electron chi connectivity index (χ4n) is 6.67. The summed E-state index contributed by atoms with van der Waals surface area (Å²) in [6.07, 6.45) is 4.85. The van der Waals surface area contributed by atoms with Gasteiger partial charge in [0.05, 0.1) is 13.1 Å².